The lowest BCUT2D eigenvalue weighted by atomic mass is 9.95. The highest BCUT2D eigenvalue weighted by Gasteiger charge is 2.27. The van der Waals surface area contributed by atoms with Gasteiger partial charge in [-0.1, -0.05) is 12.1 Å². The molecule has 1 fully saturated rings. The molecule has 2 amide bonds. The number of carbonyl (C=O) groups is 2. The van der Waals surface area contributed by atoms with E-state index in [2.05, 4.69) is 57.2 Å². The van der Waals surface area contributed by atoms with Crippen LogP contribution in [0.4, 0.5) is 5.69 Å². The normalized spacial score (nSPS) is 20.9. The lowest BCUT2D eigenvalue weighted by molar-refractivity contribution is -0.114. The first-order chi connectivity index (χ1) is 13.5. The number of likely N-dealkylation sites (tertiary alicyclic amines) is 1. The van der Waals surface area contributed by atoms with Crippen molar-refractivity contribution in [2.45, 2.75) is 32.4 Å². The summed E-state index contributed by atoms with van der Waals surface area (Å²) >= 11 is 2.18. The SMILES string of the molecule is CC1CCCN1Cc1ccc(N/C=C2\C(=O)NC(=O)c3ccc(I)cc32)cc1. The second-order valence-electron chi connectivity index (χ2n) is 7.33. The Hall–Kier alpha value is -2.19. The molecule has 28 heavy (non-hydrogen) atoms. The largest absolute Gasteiger partial charge is 0.361 e. The van der Waals surface area contributed by atoms with Gasteiger partial charge >= 0.3 is 0 Å². The van der Waals surface area contributed by atoms with Gasteiger partial charge in [-0.05, 0) is 84.8 Å². The highest BCUT2D eigenvalue weighted by atomic mass is 127. The Morgan fingerprint density at radius 3 is 2.64 bits per heavy atom. The maximum atomic E-state index is 12.3. The fraction of sp³-hybridized carbons (Fsp3) is 0.273. The van der Waals surface area contributed by atoms with Crippen LogP contribution in [0.2, 0.25) is 0 Å². The van der Waals surface area contributed by atoms with Crippen LogP contribution >= 0.6 is 22.6 Å². The summed E-state index contributed by atoms with van der Waals surface area (Å²) in [5, 5.41) is 5.60. The molecule has 0 saturated carbocycles. The molecule has 0 bridgehead atoms. The third-order valence-electron chi connectivity index (χ3n) is 5.40. The number of halogens is 1. The van der Waals surface area contributed by atoms with E-state index in [0.29, 0.717) is 22.7 Å². The molecule has 2 N–H and O–H groups in total. The number of benzene rings is 2. The number of hydrogen-bond donors (Lipinski definition) is 2. The van der Waals surface area contributed by atoms with Gasteiger partial charge in [-0.15, -0.1) is 0 Å². The summed E-state index contributed by atoms with van der Waals surface area (Å²) in [6, 6.07) is 14.4. The van der Waals surface area contributed by atoms with Crippen LogP contribution in [0, 0.1) is 3.57 Å². The predicted octanol–water partition coefficient (Wildman–Crippen LogP) is 4.00. The number of anilines is 1. The van der Waals surface area contributed by atoms with Gasteiger partial charge in [0.15, 0.2) is 0 Å². The summed E-state index contributed by atoms with van der Waals surface area (Å²) in [6.07, 6.45) is 4.23. The van der Waals surface area contributed by atoms with Crippen molar-refractivity contribution in [3.8, 4) is 0 Å². The summed E-state index contributed by atoms with van der Waals surface area (Å²) < 4.78 is 0.977. The number of amides is 2. The molecule has 2 aromatic carbocycles. The van der Waals surface area contributed by atoms with Crippen LogP contribution in [0.1, 0.15) is 41.3 Å². The minimum Gasteiger partial charge on any atom is -0.361 e. The molecular weight excluding hydrogens is 465 g/mol. The van der Waals surface area contributed by atoms with Gasteiger partial charge < -0.3 is 5.32 Å². The molecule has 2 aliphatic heterocycles. The number of nitrogens with one attached hydrogen (secondary N) is 2. The average molecular weight is 487 g/mol. The second-order valence-corrected chi connectivity index (χ2v) is 8.58. The number of fused-ring (bicyclic) bond motifs is 1. The average Bonchev–Trinajstić information content (AvgIpc) is 3.07. The summed E-state index contributed by atoms with van der Waals surface area (Å²) in [5.41, 5.74) is 3.83. The first-order valence-electron chi connectivity index (χ1n) is 9.46. The molecule has 2 heterocycles. The molecule has 144 valence electrons. The van der Waals surface area contributed by atoms with Crippen molar-refractivity contribution < 1.29 is 9.59 Å². The van der Waals surface area contributed by atoms with E-state index in [1.54, 1.807) is 12.3 Å². The van der Waals surface area contributed by atoms with Crippen LogP contribution in [0.3, 0.4) is 0 Å². The fourth-order valence-corrected chi connectivity index (χ4v) is 4.26. The quantitative estimate of drug-likeness (QED) is 0.389. The Bertz CT molecular complexity index is 953. The molecule has 1 unspecified atom stereocenters. The molecule has 0 radical (unpaired) electrons. The van der Waals surface area contributed by atoms with Crippen LogP contribution in [-0.4, -0.2) is 29.3 Å². The highest BCUT2D eigenvalue weighted by molar-refractivity contribution is 14.1. The Kier molecular flexibility index (Phi) is 5.50. The molecule has 1 saturated heterocycles. The molecule has 2 aromatic rings. The van der Waals surface area contributed by atoms with Crippen molar-refractivity contribution in [3.63, 3.8) is 0 Å². The van der Waals surface area contributed by atoms with E-state index in [-0.39, 0.29) is 11.8 Å². The Morgan fingerprint density at radius 2 is 1.93 bits per heavy atom. The summed E-state index contributed by atoms with van der Waals surface area (Å²) in [5.74, 6) is -0.735. The van der Waals surface area contributed by atoms with E-state index in [1.165, 1.54) is 24.9 Å². The van der Waals surface area contributed by atoms with Gasteiger partial charge in [0.2, 0.25) is 0 Å². The molecular formula is C22H22IN3O2. The minimum atomic E-state index is -0.383. The summed E-state index contributed by atoms with van der Waals surface area (Å²) in [6.45, 7) is 4.42. The van der Waals surface area contributed by atoms with E-state index < -0.39 is 0 Å². The van der Waals surface area contributed by atoms with Gasteiger partial charge in [0.1, 0.15) is 0 Å². The van der Waals surface area contributed by atoms with Crippen LogP contribution in [-0.2, 0) is 11.3 Å². The van der Waals surface area contributed by atoms with Crippen LogP contribution < -0.4 is 10.6 Å². The van der Waals surface area contributed by atoms with Crippen molar-refractivity contribution in [2.24, 2.45) is 0 Å². The van der Waals surface area contributed by atoms with Crippen LogP contribution in [0.25, 0.3) is 5.57 Å². The first-order valence-corrected chi connectivity index (χ1v) is 10.5. The van der Waals surface area contributed by atoms with Crippen molar-refractivity contribution in [1.82, 2.24) is 10.2 Å². The van der Waals surface area contributed by atoms with Crippen molar-refractivity contribution in [1.29, 1.82) is 0 Å². The lowest BCUT2D eigenvalue weighted by Crippen LogP contribution is -2.36. The summed E-state index contributed by atoms with van der Waals surface area (Å²) in [4.78, 5) is 26.9. The van der Waals surface area contributed by atoms with Crippen LogP contribution in [0.5, 0.6) is 0 Å². The first kappa shape index (κ1) is 19.1. The van der Waals surface area contributed by atoms with Gasteiger partial charge in [0.05, 0.1) is 5.57 Å². The van der Waals surface area contributed by atoms with E-state index >= 15 is 0 Å². The number of carbonyl (C=O) groups excluding carboxylic acids is 2. The van der Waals surface area contributed by atoms with Gasteiger partial charge in [0.25, 0.3) is 11.8 Å². The van der Waals surface area contributed by atoms with Crippen molar-refractivity contribution in [3.05, 3.63) is 68.9 Å². The molecule has 2 aliphatic rings. The second kappa shape index (κ2) is 8.05. The zero-order valence-corrected chi connectivity index (χ0v) is 17.8. The van der Waals surface area contributed by atoms with Crippen molar-refractivity contribution >= 4 is 45.7 Å². The van der Waals surface area contributed by atoms with E-state index in [4.69, 9.17) is 0 Å². The Morgan fingerprint density at radius 1 is 1.14 bits per heavy atom. The molecule has 0 spiro atoms. The van der Waals surface area contributed by atoms with Gasteiger partial charge in [-0.2, -0.15) is 0 Å². The third-order valence-corrected chi connectivity index (χ3v) is 6.07. The number of hydrogen-bond acceptors (Lipinski definition) is 4. The Balaban J connectivity index is 1.51. The fourth-order valence-electron chi connectivity index (χ4n) is 3.76. The molecule has 5 nitrogen and oxygen atoms in total. The van der Waals surface area contributed by atoms with Crippen molar-refractivity contribution in [2.75, 3.05) is 11.9 Å². The summed E-state index contributed by atoms with van der Waals surface area (Å²) in [7, 11) is 0. The van der Waals surface area contributed by atoms with Gasteiger partial charge in [-0.3, -0.25) is 19.8 Å². The smallest absolute Gasteiger partial charge is 0.260 e. The number of rotatable bonds is 4. The van der Waals surface area contributed by atoms with E-state index in [1.807, 2.05) is 24.3 Å². The molecule has 4 rings (SSSR count). The topological polar surface area (TPSA) is 61.4 Å². The molecule has 0 aliphatic carbocycles. The molecule has 0 aromatic heterocycles. The zero-order chi connectivity index (χ0) is 19.7. The zero-order valence-electron chi connectivity index (χ0n) is 15.7. The maximum absolute atomic E-state index is 12.3. The Labute approximate surface area is 178 Å². The third kappa shape index (κ3) is 3.98. The van der Waals surface area contributed by atoms with E-state index in [0.717, 1.165) is 15.8 Å². The lowest BCUT2D eigenvalue weighted by Gasteiger charge is -2.21. The molecule has 6 heteroatoms. The number of imide groups is 1. The predicted molar refractivity (Wildman–Crippen MR) is 119 cm³/mol. The van der Waals surface area contributed by atoms with E-state index in [9.17, 15) is 9.59 Å². The highest BCUT2D eigenvalue weighted by Crippen LogP contribution is 2.26. The molecule has 1 atom stereocenters. The van der Waals surface area contributed by atoms with Gasteiger partial charge in [0, 0.05) is 39.2 Å². The van der Waals surface area contributed by atoms with Gasteiger partial charge in [-0.25, -0.2) is 0 Å². The minimum absolute atomic E-state index is 0.353. The number of nitrogens with zero attached hydrogens (tertiary/aromatic N) is 1. The monoisotopic (exact) mass is 487 g/mol. The maximum Gasteiger partial charge on any atom is 0.260 e. The standard InChI is InChI=1S/C22H22IN3O2/c1-14-3-2-10-26(14)13-15-4-7-17(8-5-15)24-12-20-19-11-16(23)6-9-18(19)21(27)25-22(20)28/h4-9,11-12,14,24H,2-3,10,13H2,1H3,(H,25,27,28)/b20-12-. The van der Waals surface area contributed by atoms with Crippen LogP contribution in [0.15, 0.2) is 48.7 Å².